The SMILES string of the molecule is CC(C)OC(=O)N1CCC(C2c3ccc(Cl)cc3C(C(NC(=O)OC3(C)CC3)c3cncn3C)=Cc3cccnc32)CC1. The van der Waals surface area contributed by atoms with Crippen LogP contribution in [0.15, 0.2) is 49.1 Å². The monoisotopic (exact) mass is 603 g/mol. The summed E-state index contributed by atoms with van der Waals surface area (Å²) in [5, 5.41) is 3.76. The molecule has 1 saturated heterocycles. The lowest BCUT2D eigenvalue weighted by molar-refractivity contribution is 0.0641. The molecule has 3 heterocycles. The second-order valence-electron chi connectivity index (χ2n) is 12.4. The normalized spacial score (nSPS) is 19.9. The Balaban J connectivity index is 1.41. The molecule has 2 amide bonds. The van der Waals surface area contributed by atoms with Crippen molar-refractivity contribution in [2.45, 2.75) is 70.1 Å². The Bertz CT molecular complexity index is 1550. The standard InChI is InChI=1S/C33H38ClN5O4/c1-20(2)42-32(41)39-14-9-21(10-15-39)28-24-8-7-23(34)17-25(24)26(16-22-6-5-13-36-29(22)28)30(27-18-35-19-38(27)4)37-31(40)43-33(3)11-12-33/h5-8,13,16-21,28,30H,9-12,14-15H2,1-4H3,(H,37,40). The van der Waals surface area contributed by atoms with Crippen molar-refractivity contribution in [1.29, 1.82) is 0 Å². The highest BCUT2D eigenvalue weighted by Gasteiger charge is 2.43. The Morgan fingerprint density at radius 3 is 2.60 bits per heavy atom. The molecule has 2 aliphatic carbocycles. The molecule has 1 N–H and O–H groups in total. The molecule has 2 atom stereocenters. The van der Waals surface area contributed by atoms with Crippen LogP contribution in [0.1, 0.15) is 86.5 Å². The number of nitrogens with zero attached hydrogens (tertiary/aromatic N) is 4. The lowest BCUT2D eigenvalue weighted by Crippen LogP contribution is -2.41. The third-order valence-electron chi connectivity index (χ3n) is 8.76. The minimum absolute atomic E-state index is 0.0370. The molecule has 2 unspecified atom stereocenters. The van der Waals surface area contributed by atoms with Crippen LogP contribution in [-0.2, 0) is 16.5 Å². The molecular weight excluding hydrogens is 566 g/mol. The average Bonchev–Trinajstić information content (AvgIpc) is 3.58. The Hall–Kier alpha value is -3.85. The van der Waals surface area contributed by atoms with Crippen LogP contribution >= 0.6 is 11.6 Å². The van der Waals surface area contributed by atoms with Gasteiger partial charge in [0.25, 0.3) is 0 Å². The van der Waals surface area contributed by atoms with Gasteiger partial charge in [-0.3, -0.25) is 4.98 Å². The van der Waals surface area contributed by atoms with Crippen molar-refractivity contribution in [3.63, 3.8) is 0 Å². The number of halogens is 1. The number of hydrogen-bond acceptors (Lipinski definition) is 6. The zero-order chi connectivity index (χ0) is 30.3. The van der Waals surface area contributed by atoms with Gasteiger partial charge in [-0.25, -0.2) is 14.6 Å². The van der Waals surface area contributed by atoms with E-state index in [0.29, 0.717) is 18.1 Å². The lowest BCUT2D eigenvalue weighted by atomic mass is 9.75. The van der Waals surface area contributed by atoms with Crippen molar-refractivity contribution in [2.75, 3.05) is 13.1 Å². The number of piperidine rings is 1. The van der Waals surface area contributed by atoms with Crippen LogP contribution in [0.4, 0.5) is 9.59 Å². The van der Waals surface area contributed by atoms with Gasteiger partial charge in [-0.1, -0.05) is 23.7 Å². The first-order valence-corrected chi connectivity index (χ1v) is 15.4. The third kappa shape index (κ3) is 6.13. The predicted molar refractivity (Wildman–Crippen MR) is 165 cm³/mol. The number of likely N-dealkylation sites (tertiary alicyclic amines) is 1. The van der Waals surface area contributed by atoms with Gasteiger partial charge in [0.15, 0.2) is 0 Å². The van der Waals surface area contributed by atoms with Gasteiger partial charge in [0.1, 0.15) is 5.60 Å². The van der Waals surface area contributed by atoms with E-state index in [0.717, 1.165) is 59.3 Å². The molecule has 43 heavy (non-hydrogen) atoms. The van der Waals surface area contributed by atoms with Gasteiger partial charge in [0, 0.05) is 37.3 Å². The molecule has 0 bridgehead atoms. The second kappa shape index (κ2) is 11.7. The van der Waals surface area contributed by atoms with E-state index in [-0.39, 0.29) is 24.0 Å². The summed E-state index contributed by atoms with van der Waals surface area (Å²) >= 11 is 6.67. The summed E-state index contributed by atoms with van der Waals surface area (Å²) in [7, 11) is 1.91. The zero-order valence-corrected chi connectivity index (χ0v) is 25.8. The smallest absolute Gasteiger partial charge is 0.410 e. The molecular formula is C33H38ClN5O4. The number of ether oxygens (including phenoxy) is 2. The van der Waals surface area contributed by atoms with Crippen LogP contribution in [0.25, 0.3) is 11.6 Å². The highest BCUT2D eigenvalue weighted by Crippen LogP contribution is 2.47. The zero-order valence-electron chi connectivity index (χ0n) is 25.0. The molecule has 2 aromatic heterocycles. The Labute approximate surface area is 257 Å². The van der Waals surface area contributed by atoms with Gasteiger partial charge in [0.2, 0.25) is 0 Å². The van der Waals surface area contributed by atoms with Crippen LogP contribution in [0.2, 0.25) is 5.02 Å². The van der Waals surface area contributed by atoms with Gasteiger partial charge in [0.05, 0.1) is 36.1 Å². The summed E-state index contributed by atoms with van der Waals surface area (Å²) < 4.78 is 13.2. The number of alkyl carbamates (subject to hydrolysis) is 1. The molecule has 1 saturated carbocycles. The number of hydrogen-bond donors (Lipinski definition) is 1. The van der Waals surface area contributed by atoms with Crippen LogP contribution in [0.5, 0.6) is 0 Å². The highest BCUT2D eigenvalue weighted by atomic mass is 35.5. The molecule has 3 aromatic rings. The van der Waals surface area contributed by atoms with Gasteiger partial charge >= 0.3 is 12.2 Å². The number of fused-ring (bicyclic) bond motifs is 2. The molecule has 2 fully saturated rings. The van der Waals surface area contributed by atoms with E-state index in [1.54, 1.807) is 17.4 Å². The maximum Gasteiger partial charge on any atom is 0.410 e. The fourth-order valence-electron chi connectivity index (χ4n) is 6.27. The minimum atomic E-state index is -0.556. The number of amides is 2. The Morgan fingerprint density at radius 1 is 1.16 bits per heavy atom. The number of nitrogens with one attached hydrogen (secondary N) is 1. The van der Waals surface area contributed by atoms with E-state index < -0.39 is 17.7 Å². The predicted octanol–water partition coefficient (Wildman–Crippen LogP) is 6.73. The van der Waals surface area contributed by atoms with Crippen molar-refractivity contribution < 1.29 is 19.1 Å². The van der Waals surface area contributed by atoms with E-state index in [2.05, 4.69) is 28.5 Å². The maximum absolute atomic E-state index is 13.3. The van der Waals surface area contributed by atoms with E-state index in [4.69, 9.17) is 26.1 Å². The number of aryl methyl sites for hydroxylation is 1. The molecule has 1 aliphatic heterocycles. The number of carbonyl (C=O) groups is 2. The summed E-state index contributed by atoms with van der Waals surface area (Å²) in [6.45, 7) is 6.91. The number of imidazole rings is 1. The summed E-state index contributed by atoms with van der Waals surface area (Å²) in [5.41, 5.74) is 5.27. The summed E-state index contributed by atoms with van der Waals surface area (Å²) in [4.78, 5) is 37.0. The van der Waals surface area contributed by atoms with Gasteiger partial charge in [-0.2, -0.15) is 0 Å². The molecule has 0 radical (unpaired) electrons. The van der Waals surface area contributed by atoms with Crippen molar-refractivity contribution in [3.05, 3.63) is 82.2 Å². The van der Waals surface area contributed by atoms with E-state index in [1.165, 1.54) is 0 Å². The van der Waals surface area contributed by atoms with Crippen LogP contribution in [-0.4, -0.2) is 56.4 Å². The molecule has 226 valence electrons. The molecule has 1 aromatic carbocycles. The van der Waals surface area contributed by atoms with Crippen molar-refractivity contribution in [1.82, 2.24) is 24.8 Å². The van der Waals surface area contributed by atoms with Gasteiger partial charge in [-0.15, -0.1) is 0 Å². The first-order valence-electron chi connectivity index (χ1n) is 15.0. The molecule has 0 spiro atoms. The number of carbonyl (C=O) groups excluding carboxylic acids is 2. The lowest BCUT2D eigenvalue weighted by Gasteiger charge is -2.36. The average molecular weight is 604 g/mol. The van der Waals surface area contributed by atoms with E-state index >= 15 is 0 Å². The Morgan fingerprint density at radius 2 is 1.93 bits per heavy atom. The number of pyridine rings is 1. The quantitative estimate of drug-likeness (QED) is 0.335. The highest BCUT2D eigenvalue weighted by molar-refractivity contribution is 6.30. The summed E-state index contributed by atoms with van der Waals surface area (Å²) in [6.07, 6.45) is 9.87. The Kier molecular flexibility index (Phi) is 7.94. The number of aromatic nitrogens is 3. The second-order valence-corrected chi connectivity index (χ2v) is 12.8. The molecule has 10 heteroatoms. The number of rotatable bonds is 6. The largest absolute Gasteiger partial charge is 0.447 e. The summed E-state index contributed by atoms with van der Waals surface area (Å²) in [5.74, 6) is 0.192. The van der Waals surface area contributed by atoms with Crippen molar-refractivity contribution >= 4 is 35.4 Å². The van der Waals surface area contributed by atoms with Crippen LogP contribution in [0, 0.1) is 5.92 Å². The fraction of sp³-hybridized carbons (Fsp3) is 0.455. The van der Waals surface area contributed by atoms with Crippen LogP contribution in [0.3, 0.4) is 0 Å². The fourth-order valence-corrected chi connectivity index (χ4v) is 6.44. The topological polar surface area (TPSA) is 98.6 Å². The summed E-state index contributed by atoms with van der Waals surface area (Å²) in [6, 6.07) is 9.44. The molecule has 9 nitrogen and oxygen atoms in total. The van der Waals surface area contributed by atoms with E-state index in [1.807, 2.05) is 56.8 Å². The van der Waals surface area contributed by atoms with Crippen molar-refractivity contribution in [3.8, 4) is 0 Å². The van der Waals surface area contributed by atoms with Crippen molar-refractivity contribution in [2.24, 2.45) is 13.0 Å². The third-order valence-corrected chi connectivity index (χ3v) is 9.00. The molecule has 6 rings (SSSR count). The van der Waals surface area contributed by atoms with Crippen LogP contribution < -0.4 is 5.32 Å². The van der Waals surface area contributed by atoms with Gasteiger partial charge < -0.3 is 24.3 Å². The minimum Gasteiger partial charge on any atom is -0.447 e. The first kappa shape index (κ1) is 29.2. The van der Waals surface area contributed by atoms with Gasteiger partial charge in [-0.05, 0) is 98.9 Å². The maximum atomic E-state index is 13.3. The number of benzene rings is 1. The molecule has 3 aliphatic rings. The first-order chi connectivity index (χ1) is 20.6. The van der Waals surface area contributed by atoms with E-state index in [9.17, 15) is 9.59 Å².